The maximum Gasteiger partial charge on any atom is 0.0998 e. The molecule has 0 aliphatic rings. The molecule has 0 bridgehead atoms. The highest BCUT2D eigenvalue weighted by Crippen LogP contribution is 2.23. The summed E-state index contributed by atoms with van der Waals surface area (Å²) in [6, 6.07) is 13.4. The van der Waals surface area contributed by atoms with E-state index in [2.05, 4.69) is 12.1 Å². The molecule has 0 N–H and O–H groups in total. The predicted molar refractivity (Wildman–Crippen MR) is 58.1 cm³/mol. The molecule has 0 aliphatic heterocycles. The lowest BCUT2D eigenvalue weighted by Gasteiger charge is -2.04. The summed E-state index contributed by atoms with van der Waals surface area (Å²) in [6.07, 6.45) is 0. The van der Waals surface area contributed by atoms with E-state index in [1.165, 1.54) is 0 Å². The second-order valence-electron chi connectivity index (χ2n) is 3.42. The fraction of sp³-hybridized carbons (Fsp3) is 0.0769. The molecule has 15 heavy (non-hydrogen) atoms. The van der Waals surface area contributed by atoms with Crippen LogP contribution in [-0.2, 0) is 0 Å². The SMILES string of the molecule is Cc1cc(C#N)cc2c(C#N)cccc12. The third kappa shape index (κ3) is 1.43. The maximum atomic E-state index is 8.96. The predicted octanol–water partition coefficient (Wildman–Crippen LogP) is 2.89. The van der Waals surface area contributed by atoms with Crippen molar-refractivity contribution in [2.75, 3.05) is 0 Å². The largest absolute Gasteiger partial charge is 0.192 e. The van der Waals surface area contributed by atoms with E-state index in [1.807, 2.05) is 25.1 Å². The summed E-state index contributed by atoms with van der Waals surface area (Å²) in [5.41, 5.74) is 2.25. The van der Waals surface area contributed by atoms with E-state index in [-0.39, 0.29) is 0 Å². The van der Waals surface area contributed by atoms with E-state index >= 15 is 0 Å². The summed E-state index contributed by atoms with van der Waals surface area (Å²) >= 11 is 0. The van der Waals surface area contributed by atoms with Crippen LogP contribution < -0.4 is 0 Å². The summed E-state index contributed by atoms with van der Waals surface area (Å²) in [4.78, 5) is 0. The molecule has 0 saturated carbocycles. The third-order valence-corrected chi connectivity index (χ3v) is 2.45. The number of aryl methyl sites for hydroxylation is 1. The van der Waals surface area contributed by atoms with Gasteiger partial charge in [0.05, 0.1) is 23.3 Å². The first-order valence-electron chi connectivity index (χ1n) is 4.60. The Morgan fingerprint density at radius 2 is 1.80 bits per heavy atom. The van der Waals surface area contributed by atoms with E-state index in [0.29, 0.717) is 11.1 Å². The van der Waals surface area contributed by atoms with Crippen molar-refractivity contribution in [3.05, 3.63) is 47.0 Å². The summed E-state index contributed by atoms with van der Waals surface area (Å²) in [7, 11) is 0. The summed E-state index contributed by atoms with van der Waals surface area (Å²) in [5.74, 6) is 0. The Kier molecular flexibility index (Phi) is 2.12. The molecule has 70 valence electrons. The van der Waals surface area contributed by atoms with Gasteiger partial charge in [0.15, 0.2) is 0 Å². The highest BCUT2D eigenvalue weighted by atomic mass is 14.3. The molecule has 0 unspecified atom stereocenters. The fourth-order valence-electron chi connectivity index (χ4n) is 1.73. The van der Waals surface area contributed by atoms with Gasteiger partial charge in [0.2, 0.25) is 0 Å². The molecule has 0 radical (unpaired) electrons. The molecular formula is C13H8N2. The minimum atomic E-state index is 0.600. The fourth-order valence-corrected chi connectivity index (χ4v) is 1.73. The highest BCUT2D eigenvalue weighted by molar-refractivity contribution is 5.91. The molecule has 0 spiro atoms. The van der Waals surface area contributed by atoms with Gasteiger partial charge in [-0.05, 0) is 36.1 Å². The number of benzene rings is 2. The second kappa shape index (κ2) is 3.44. The van der Waals surface area contributed by atoms with Crippen LogP contribution in [0.15, 0.2) is 30.3 Å². The Balaban J connectivity index is 2.95. The van der Waals surface area contributed by atoms with Crippen molar-refractivity contribution in [2.45, 2.75) is 6.92 Å². The van der Waals surface area contributed by atoms with Crippen LogP contribution in [-0.4, -0.2) is 0 Å². The first kappa shape index (κ1) is 9.24. The smallest absolute Gasteiger partial charge is 0.0998 e. The van der Waals surface area contributed by atoms with Crippen LogP contribution in [0.3, 0.4) is 0 Å². The minimum absolute atomic E-state index is 0.600. The lowest BCUT2D eigenvalue weighted by molar-refractivity contribution is 1.45. The van der Waals surface area contributed by atoms with Gasteiger partial charge in [0.25, 0.3) is 0 Å². The average molecular weight is 192 g/mol. The molecule has 2 heteroatoms. The topological polar surface area (TPSA) is 47.6 Å². The molecule has 2 rings (SSSR count). The monoisotopic (exact) mass is 192 g/mol. The molecular weight excluding hydrogens is 184 g/mol. The first-order valence-corrected chi connectivity index (χ1v) is 4.60. The second-order valence-corrected chi connectivity index (χ2v) is 3.42. The molecule has 0 fully saturated rings. The molecule has 0 heterocycles. The summed E-state index contributed by atoms with van der Waals surface area (Å²) in [6.45, 7) is 1.95. The normalized spacial score (nSPS) is 9.53. The van der Waals surface area contributed by atoms with Crippen molar-refractivity contribution in [1.82, 2.24) is 0 Å². The zero-order chi connectivity index (χ0) is 10.8. The number of nitrogens with zero attached hydrogens (tertiary/aromatic N) is 2. The molecule has 0 atom stereocenters. The zero-order valence-corrected chi connectivity index (χ0v) is 8.28. The van der Waals surface area contributed by atoms with Crippen LogP contribution >= 0.6 is 0 Å². The Hall–Kier alpha value is -2.32. The van der Waals surface area contributed by atoms with Gasteiger partial charge in [0, 0.05) is 5.39 Å². The van der Waals surface area contributed by atoms with Crippen molar-refractivity contribution in [3.63, 3.8) is 0 Å². The van der Waals surface area contributed by atoms with Gasteiger partial charge in [-0.25, -0.2) is 0 Å². The molecule has 2 aromatic carbocycles. The van der Waals surface area contributed by atoms with E-state index in [1.54, 1.807) is 12.1 Å². The molecule has 2 nitrogen and oxygen atoms in total. The molecule has 0 amide bonds. The average Bonchev–Trinajstić information content (AvgIpc) is 2.28. The van der Waals surface area contributed by atoms with E-state index in [9.17, 15) is 0 Å². The quantitative estimate of drug-likeness (QED) is 0.644. The van der Waals surface area contributed by atoms with Crippen LogP contribution in [0.2, 0.25) is 0 Å². The van der Waals surface area contributed by atoms with Crippen LogP contribution in [0.5, 0.6) is 0 Å². The Bertz CT molecular complexity index is 613. The van der Waals surface area contributed by atoms with Crippen molar-refractivity contribution < 1.29 is 0 Å². The van der Waals surface area contributed by atoms with Crippen LogP contribution in [0.4, 0.5) is 0 Å². The van der Waals surface area contributed by atoms with Crippen LogP contribution in [0, 0.1) is 29.6 Å². The summed E-state index contributed by atoms with van der Waals surface area (Å²) < 4.78 is 0. The number of nitriles is 2. The number of fused-ring (bicyclic) bond motifs is 1. The van der Waals surface area contributed by atoms with Gasteiger partial charge < -0.3 is 0 Å². The Labute approximate surface area is 88.0 Å². The van der Waals surface area contributed by atoms with Crippen molar-refractivity contribution in [3.8, 4) is 12.1 Å². The highest BCUT2D eigenvalue weighted by Gasteiger charge is 2.04. The van der Waals surface area contributed by atoms with Crippen molar-refractivity contribution in [2.24, 2.45) is 0 Å². The summed E-state index contributed by atoms with van der Waals surface area (Å²) in [5, 5.41) is 19.7. The van der Waals surface area contributed by atoms with Gasteiger partial charge in [-0.3, -0.25) is 0 Å². The standard InChI is InChI=1S/C13H8N2/c1-9-5-10(7-14)6-13-11(8-15)3-2-4-12(9)13/h2-6H,1H3. The molecule has 0 saturated heterocycles. The Morgan fingerprint density at radius 1 is 1.00 bits per heavy atom. The van der Waals surface area contributed by atoms with E-state index < -0.39 is 0 Å². The maximum absolute atomic E-state index is 8.96. The third-order valence-electron chi connectivity index (χ3n) is 2.45. The lowest BCUT2D eigenvalue weighted by Crippen LogP contribution is -1.85. The number of rotatable bonds is 0. The first-order chi connectivity index (χ1) is 7.26. The Morgan fingerprint density at radius 3 is 2.47 bits per heavy atom. The van der Waals surface area contributed by atoms with Crippen LogP contribution in [0.1, 0.15) is 16.7 Å². The van der Waals surface area contributed by atoms with Crippen LogP contribution in [0.25, 0.3) is 10.8 Å². The van der Waals surface area contributed by atoms with Gasteiger partial charge in [-0.2, -0.15) is 10.5 Å². The van der Waals surface area contributed by atoms with Gasteiger partial charge in [0.1, 0.15) is 0 Å². The van der Waals surface area contributed by atoms with Crippen molar-refractivity contribution in [1.29, 1.82) is 10.5 Å². The van der Waals surface area contributed by atoms with Crippen molar-refractivity contribution >= 4 is 10.8 Å². The van der Waals surface area contributed by atoms with Gasteiger partial charge in [-0.15, -0.1) is 0 Å². The van der Waals surface area contributed by atoms with E-state index in [4.69, 9.17) is 10.5 Å². The molecule has 0 aromatic heterocycles. The number of hydrogen-bond acceptors (Lipinski definition) is 2. The van der Waals surface area contributed by atoms with E-state index in [0.717, 1.165) is 16.3 Å². The zero-order valence-electron chi connectivity index (χ0n) is 8.28. The van der Waals surface area contributed by atoms with Gasteiger partial charge in [-0.1, -0.05) is 12.1 Å². The van der Waals surface area contributed by atoms with Gasteiger partial charge >= 0.3 is 0 Å². The number of hydrogen-bond donors (Lipinski definition) is 0. The molecule has 0 aliphatic carbocycles. The molecule has 2 aromatic rings. The minimum Gasteiger partial charge on any atom is -0.192 e. The lowest BCUT2D eigenvalue weighted by atomic mass is 9.99.